The van der Waals surface area contributed by atoms with E-state index in [1.54, 1.807) is 0 Å². The van der Waals surface area contributed by atoms with Crippen LogP contribution in [0.5, 0.6) is 0 Å². The van der Waals surface area contributed by atoms with E-state index >= 15 is 0 Å². The molecule has 0 bridgehead atoms. The second-order valence-corrected chi connectivity index (χ2v) is 7.74. The SMILES string of the molecule is O=C(Cc1csc(-c2ncn[nH]2)n1)N1CCCC(CO)(c2ccccc2)C1. The van der Waals surface area contributed by atoms with Gasteiger partial charge >= 0.3 is 0 Å². The molecule has 1 aliphatic heterocycles. The quantitative estimate of drug-likeness (QED) is 0.703. The number of aliphatic hydroxyl groups is 1. The number of nitrogens with one attached hydrogen (secondary N) is 1. The van der Waals surface area contributed by atoms with Gasteiger partial charge in [0.25, 0.3) is 0 Å². The summed E-state index contributed by atoms with van der Waals surface area (Å²) in [6, 6.07) is 10.00. The molecule has 1 unspecified atom stereocenters. The average Bonchev–Trinajstić information content (AvgIpc) is 3.40. The van der Waals surface area contributed by atoms with Crippen LogP contribution in [0.3, 0.4) is 0 Å². The van der Waals surface area contributed by atoms with E-state index in [0.29, 0.717) is 18.9 Å². The second kappa shape index (κ2) is 7.58. The maximum absolute atomic E-state index is 12.9. The number of nitrogens with zero attached hydrogens (tertiary/aromatic N) is 4. The highest BCUT2D eigenvalue weighted by Gasteiger charge is 2.38. The first-order valence-corrected chi connectivity index (χ1v) is 9.82. The van der Waals surface area contributed by atoms with E-state index in [-0.39, 0.29) is 24.3 Å². The Kier molecular flexibility index (Phi) is 5.00. The lowest BCUT2D eigenvalue weighted by Crippen LogP contribution is -2.50. The number of aromatic nitrogens is 4. The molecule has 7 nitrogen and oxygen atoms in total. The van der Waals surface area contributed by atoms with Crippen LogP contribution >= 0.6 is 11.3 Å². The molecule has 1 amide bonds. The summed E-state index contributed by atoms with van der Waals surface area (Å²) in [4.78, 5) is 23.3. The summed E-state index contributed by atoms with van der Waals surface area (Å²) in [6.45, 7) is 1.28. The molecule has 1 atom stereocenters. The van der Waals surface area contributed by atoms with Crippen molar-refractivity contribution >= 4 is 17.2 Å². The smallest absolute Gasteiger partial charge is 0.228 e. The zero-order valence-electron chi connectivity index (χ0n) is 14.8. The number of thiazole rings is 1. The Morgan fingerprint density at radius 1 is 1.33 bits per heavy atom. The number of amides is 1. The Bertz CT molecular complexity index is 896. The number of aliphatic hydroxyl groups excluding tert-OH is 1. The number of benzene rings is 1. The lowest BCUT2D eigenvalue weighted by Gasteiger charge is -2.42. The standard InChI is InChI=1S/C19H21N5O2S/c25-12-19(14-5-2-1-3-6-14)7-4-8-24(11-19)16(26)9-15-10-27-18(22-15)17-20-13-21-23-17/h1-3,5-6,10,13,25H,4,7-9,11-12H2,(H,20,21,23). The molecule has 0 radical (unpaired) electrons. The Hall–Kier alpha value is -2.58. The molecule has 3 aromatic rings. The molecule has 8 heteroatoms. The van der Waals surface area contributed by atoms with Crippen molar-refractivity contribution in [2.24, 2.45) is 0 Å². The van der Waals surface area contributed by atoms with E-state index in [9.17, 15) is 9.90 Å². The first kappa shape index (κ1) is 17.8. The number of likely N-dealkylation sites (tertiary alicyclic amines) is 1. The summed E-state index contributed by atoms with van der Waals surface area (Å²) in [5.41, 5.74) is 1.44. The maximum Gasteiger partial charge on any atom is 0.228 e. The van der Waals surface area contributed by atoms with Crippen LogP contribution in [0.15, 0.2) is 42.0 Å². The van der Waals surface area contributed by atoms with Crippen LogP contribution in [0.25, 0.3) is 10.8 Å². The zero-order chi connectivity index (χ0) is 18.7. The van der Waals surface area contributed by atoms with Crippen LogP contribution in [-0.2, 0) is 16.6 Å². The second-order valence-electron chi connectivity index (χ2n) is 6.88. The van der Waals surface area contributed by atoms with E-state index < -0.39 is 0 Å². The van der Waals surface area contributed by atoms with Gasteiger partial charge in [0.2, 0.25) is 5.91 Å². The predicted molar refractivity (Wildman–Crippen MR) is 102 cm³/mol. The molecule has 0 saturated carbocycles. The molecule has 1 aromatic carbocycles. The Morgan fingerprint density at radius 3 is 2.93 bits per heavy atom. The highest BCUT2D eigenvalue weighted by atomic mass is 32.1. The molecule has 2 aromatic heterocycles. The summed E-state index contributed by atoms with van der Waals surface area (Å²) in [7, 11) is 0. The molecule has 2 N–H and O–H groups in total. The molecule has 27 heavy (non-hydrogen) atoms. The van der Waals surface area contributed by atoms with E-state index in [1.807, 2.05) is 40.6 Å². The van der Waals surface area contributed by atoms with E-state index in [0.717, 1.165) is 29.1 Å². The van der Waals surface area contributed by atoms with Crippen LogP contribution in [0, 0.1) is 0 Å². The van der Waals surface area contributed by atoms with Crippen molar-refractivity contribution in [3.8, 4) is 10.8 Å². The number of carbonyl (C=O) groups is 1. The van der Waals surface area contributed by atoms with Crippen molar-refractivity contribution in [2.45, 2.75) is 24.7 Å². The number of aromatic amines is 1. The van der Waals surface area contributed by atoms with Crippen molar-refractivity contribution < 1.29 is 9.90 Å². The molecular formula is C19H21N5O2S. The summed E-state index contributed by atoms with van der Waals surface area (Å²) in [5.74, 6) is 0.651. The number of piperidine rings is 1. The van der Waals surface area contributed by atoms with Crippen LogP contribution in [-0.4, -0.2) is 55.8 Å². The van der Waals surface area contributed by atoms with Crippen LogP contribution in [0.2, 0.25) is 0 Å². The van der Waals surface area contributed by atoms with Gasteiger partial charge in [0.05, 0.1) is 18.7 Å². The van der Waals surface area contributed by atoms with Gasteiger partial charge in [-0.2, -0.15) is 5.10 Å². The minimum absolute atomic E-state index is 0.0349. The summed E-state index contributed by atoms with van der Waals surface area (Å²) in [5, 5.41) is 19.4. The lowest BCUT2D eigenvalue weighted by atomic mass is 9.74. The van der Waals surface area contributed by atoms with Gasteiger partial charge in [-0.3, -0.25) is 9.89 Å². The van der Waals surface area contributed by atoms with Gasteiger partial charge in [0.1, 0.15) is 6.33 Å². The molecule has 0 aliphatic carbocycles. The largest absolute Gasteiger partial charge is 0.395 e. The van der Waals surface area contributed by atoms with Gasteiger partial charge in [-0.15, -0.1) is 11.3 Å². The van der Waals surface area contributed by atoms with Gasteiger partial charge in [0, 0.05) is 23.9 Å². The summed E-state index contributed by atoms with van der Waals surface area (Å²) < 4.78 is 0. The fourth-order valence-corrected chi connectivity index (χ4v) is 4.43. The third kappa shape index (κ3) is 3.63. The first-order valence-electron chi connectivity index (χ1n) is 8.94. The van der Waals surface area contributed by atoms with Gasteiger partial charge in [0.15, 0.2) is 10.8 Å². The van der Waals surface area contributed by atoms with Crippen LogP contribution in [0.4, 0.5) is 0 Å². The van der Waals surface area contributed by atoms with Crippen LogP contribution < -0.4 is 0 Å². The Morgan fingerprint density at radius 2 is 2.19 bits per heavy atom. The van der Waals surface area contributed by atoms with Gasteiger partial charge < -0.3 is 10.0 Å². The van der Waals surface area contributed by atoms with Gasteiger partial charge in [-0.25, -0.2) is 9.97 Å². The number of carbonyl (C=O) groups excluding carboxylic acids is 1. The van der Waals surface area contributed by atoms with Crippen molar-refractivity contribution in [3.63, 3.8) is 0 Å². The monoisotopic (exact) mass is 383 g/mol. The topological polar surface area (TPSA) is 95.0 Å². The van der Waals surface area contributed by atoms with E-state index in [2.05, 4.69) is 20.2 Å². The van der Waals surface area contributed by atoms with Crippen molar-refractivity contribution in [2.75, 3.05) is 19.7 Å². The normalized spacial score (nSPS) is 20.0. The van der Waals surface area contributed by atoms with E-state index in [1.165, 1.54) is 17.7 Å². The highest BCUT2D eigenvalue weighted by molar-refractivity contribution is 7.13. The van der Waals surface area contributed by atoms with Crippen molar-refractivity contribution in [1.82, 2.24) is 25.1 Å². The maximum atomic E-state index is 12.9. The molecular weight excluding hydrogens is 362 g/mol. The number of hydrogen-bond donors (Lipinski definition) is 2. The number of hydrogen-bond acceptors (Lipinski definition) is 6. The Balaban J connectivity index is 1.47. The van der Waals surface area contributed by atoms with Crippen molar-refractivity contribution in [3.05, 3.63) is 53.3 Å². The number of rotatable bonds is 5. The van der Waals surface area contributed by atoms with Crippen molar-refractivity contribution in [1.29, 1.82) is 0 Å². The highest BCUT2D eigenvalue weighted by Crippen LogP contribution is 2.34. The van der Waals surface area contributed by atoms with Gasteiger partial charge in [-0.05, 0) is 18.4 Å². The molecule has 0 spiro atoms. The van der Waals surface area contributed by atoms with Crippen LogP contribution in [0.1, 0.15) is 24.1 Å². The Labute approximate surface area is 161 Å². The summed E-state index contributed by atoms with van der Waals surface area (Å²) >= 11 is 1.44. The molecule has 140 valence electrons. The molecule has 1 fully saturated rings. The lowest BCUT2D eigenvalue weighted by molar-refractivity contribution is -0.133. The molecule has 3 heterocycles. The third-order valence-electron chi connectivity index (χ3n) is 5.12. The molecule has 4 rings (SSSR count). The fraction of sp³-hybridized carbons (Fsp3) is 0.368. The summed E-state index contributed by atoms with van der Waals surface area (Å²) in [6.07, 6.45) is 3.44. The average molecular weight is 383 g/mol. The minimum atomic E-state index is -0.387. The van der Waals surface area contributed by atoms with E-state index in [4.69, 9.17) is 0 Å². The molecule has 1 saturated heterocycles. The van der Waals surface area contributed by atoms with Gasteiger partial charge in [-0.1, -0.05) is 30.3 Å². The predicted octanol–water partition coefficient (Wildman–Crippen LogP) is 2.02. The first-order chi connectivity index (χ1) is 13.2. The zero-order valence-corrected chi connectivity index (χ0v) is 15.7. The number of H-pyrrole nitrogens is 1. The molecule has 1 aliphatic rings. The fourth-order valence-electron chi connectivity index (χ4n) is 3.66. The third-order valence-corrected chi connectivity index (χ3v) is 6.02. The minimum Gasteiger partial charge on any atom is -0.395 e.